The molecule has 1 aromatic heterocycles. The molecule has 0 bridgehead atoms. The zero-order valence-electron chi connectivity index (χ0n) is 24.0. The number of benzene rings is 3. The molecule has 9 heteroatoms. The Hall–Kier alpha value is -5.02. The molecule has 1 fully saturated rings. The van der Waals surface area contributed by atoms with Crippen LogP contribution in [0, 0.1) is 0 Å². The minimum atomic E-state index is -1.08. The van der Waals surface area contributed by atoms with E-state index in [0.29, 0.717) is 24.6 Å². The normalized spacial score (nSPS) is 14.6. The molecule has 1 aliphatic heterocycles. The highest BCUT2D eigenvalue weighted by Gasteiger charge is 2.28. The van der Waals surface area contributed by atoms with Gasteiger partial charge in [-0.05, 0) is 52.9 Å². The van der Waals surface area contributed by atoms with Crippen molar-refractivity contribution >= 4 is 17.6 Å². The van der Waals surface area contributed by atoms with Crippen molar-refractivity contribution in [1.29, 1.82) is 0 Å². The summed E-state index contributed by atoms with van der Waals surface area (Å²) in [5, 5.41) is 12.5. The fraction of sp³-hybridized carbons (Fsp3) is 0.235. The first kappa shape index (κ1) is 29.5. The van der Waals surface area contributed by atoms with E-state index >= 15 is 0 Å². The number of hydrogen-bond donors (Lipinski definition) is 1. The van der Waals surface area contributed by atoms with Gasteiger partial charge in [0.2, 0.25) is 6.61 Å². The Balaban J connectivity index is 1.16. The average molecular weight is 579 g/mol. The topological polar surface area (TPSA) is 105 Å². The van der Waals surface area contributed by atoms with Crippen LogP contribution in [0.15, 0.2) is 109 Å². The van der Waals surface area contributed by atoms with Gasteiger partial charge in [-0.2, -0.15) is 0 Å². The first-order valence-electron chi connectivity index (χ1n) is 14.2. The summed E-state index contributed by atoms with van der Waals surface area (Å²) in [6.07, 6.45) is 3.70. The van der Waals surface area contributed by atoms with E-state index in [2.05, 4.69) is 45.4 Å². The maximum Gasteiger partial charge on any atom is 0.344 e. The molecule has 0 saturated carbocycles. The van der Waals surface area contributed by atoms with Gasteiger partial charge >= 0.3 is 5.97 Å². The number of rotatable bonds is 11. The molecule has 43 heavy (non-hydrogen) atoms. The molecule has 3 aromatic carbocycles. The largest absolute Gasteiger partial charge is 0.484 e. The number of aromatic nitrogens is 1. The fourth-order valence-corrected chi connectivity index (χ4v) is 5.16. The lowest BCUT2D eigenvalue weighted by molar-refractivity contribution is -0.142. The summed E-state index contributed by atoms with van der Waals surface area (Å²) in [7, 11) is 0. The molecule has 1 amide bonds. The van der Waals surface area contributed by atoms with Crippen LogP contribution in [0.3, 0.4) is 0 Å². The van der Waals surface area contributed by atoms with Crippen molar-refractivity contribution in [3.63, 3.8) is 0 Å². The van der Waals surface area contributed by atoms with E-state index in [1.807, 2.05) is 71.8 Å². The predicted octanol–water partition coefficient (Wildman–Crippen LogP) is 4.89. The zero-order chi connectivity index (χ0) is 30.0. The summed E-state index contributed by atoms with van der Waals surface area (Å²) in [6.45, 7) is 4.00. The summed E-state index contributed by atoms with van der Waals surface area (Å²) < 4.78 is 5.92. The standard InChI is InChI=1S/C34H34N4O5/c1-25(36-43-24-33(40)41)26-12-14-27(15-13-26)29-9-5-11-31(21-29)42-23-32(39)37-17-19-38(20-18-37)34(28-7-3-2-4-8-28)30-10-6-16-35-22-30/h2-16,21-22,34H,17-20,23-24H2,1H3,(H,40,41)/b36-25+. The number of nitrogens with zero attached hydrogens (tertiary/aromatic N) is 4. The molecule has 1 N–H and O–H groups in total. The van der Waals surface area contributed by atoms with Crippen LogP contribution in [0.5, 0.6) is 5.75 Å². The first-order valence-corrected chi connectivity index (χ1v) is 14.2. The maximum absolute atomic E-state index is 13.1. The molecule has 0 radical (unpaired) electrons. The Morgan fingerprint density at radius 2 is 1.60 bits per heavy atom. The highest BCUT2D eigenvalue weighted by atomic mass is 16.6. The number of aliphatic carboxylic acids is 1. The van der Waals surface area contributed by atoms with Gasteiger partial charge in [-0.15, -0.1) is 0 Å². The van der Waals surface area contributed by atoms with Crippen LogP contribution in [0.2, 0.25) is 0 Å². The van der Waals surface area contributed by atoms with Crippen LogP contribution in [-0.4, -0.2) is 76.9 Å². The van der Waals surface area contributed by atoms with Gasteiger partial charge in [-0.25, -0.2) is 4.79 Å². The number of carbonyl (C=O) groups is 2. The van der Waals surface area contributed by atoms with Crippen molar-refractivity contribution in [2.45, 2.75) is 13.0 Å². The molecule has 9 nitrogen and oxygen atoms in total. The number of pyridine rings is 1. The summed E-state index contributed by atoms with van der Waals surface area (Å²) in [5.74, 6) is -0.493. The Kier molecular flexibility index (Phi) is 9.76. The molecule has 2 heterocycles. The molecule has 1 unspecified atom stereocenters. The van der Waals surface area contributed by atoms with Crippen molar-refractivity contribution in [1.82, 2.24) is 14.8 Å². The van der Waals surface area contributed by atoms with Crippen molar-refractivity contribution < 1.29 is 24.3 Å². The molecular formula is C34H34N4O5. The van der Waals surface area contributed by atoms with E-state index in [1.165, 1.54) is 5.56 Å². The van der Waals surface area contributed by atoms with Gasteiger partial charge in [0.15, 0.2) is 6.61 Å². The minimum absolute atomic E-state index is 0.0287. The second-order valence-electron chi connectivity index (χ2n) is 10.3. The summed E-state index contributed by atoms with van der Waals surface area (Å²) >= 11 is 0. The van der Waals surface area contributed by atoms with Crippen molar-refractivity contribution in [3.05, 3.63) is 120 Å². The van der Waals surface area contributed by atoms with Crippen molar-refractivity contribution in [3.8, 4) is 16.9 Å². The number of ether oxygens (including phenoxy) is 1. The molecular weight excluding hydrogens is 544 g/mol. The van der Waals surface area contributed by atoms with Gasteiger partial charge in [0.1, 0.15) is 5.75 Å². The van der Waals surface area contributed by atoms with E-state index in [9.17, 15) is 9.59 Å². The lowest BCUT2D eigenvalue weighted by Gasteiger charge is -2.39. The summed E-state index contributed by atoms with van der Waals surface area (Å²) in [5.41, 5.74) is 5.67. The van der Waals surface area contributed by atoms with Gasteiger partial charge in [0, 0.05) is 38.6 Å². The number of amides is 1. The molecule has 4 aromatic rings. The lowest BCUT2D eigenvalue weighted by atomic mass is 9.98. The SMILES string of the molecule is C/C(=N\OCC(=O)O)c1ccc(-c2cccc(OCC(=O)N3CCN(C(c4ccccc4)c4cccnc4)CC3)c2)cc1. The smallest absolute Gasteiger partial charge is 0.344 e. The van der Waals surface area contributed by atoms with Crippen LogP contribution in [-0.2, 0) is 14.4 Å². The Bertz CT molecular complexity index is 1500. The summed E-state index contributed by atoms with van der Waals surface area (Å²) in [4.78, 5) is 37.1. The van der Waals surface area contributed by atoms with E-state index in [1.54, 1.807) is 13.1 Å². The number of hydrogen-bond acceptors (Lipinski definition) is 7. The third-order valence-corrected chi connectivity index (χ3v) is 7.37. The second kappa shape index (κ2) is 14.2. The fourth-order valence-electron chi connectivity index (χ4n) is 5.16. The number of oxime groups is 1. The van der Waals surface area contributed by atoms with E-state index in [0.717, 1.165) is 35.3 Å². The van der Waals surface area contributed by atoms with Crippen LogP contribution in [0.4, 0.5) is 0 Å². The number of carboxylic acid groups (broad SMARTS) is 1. The Labute approximate surface area is 251 Å². The molecule has 220 valence electrons. The second-order valence-corrected chi connectivity index (χ2v) is 10.3. The maximum atomic E-state index is 13.1. The first-order chi connectivity index (χ1) is 21.0. The van der Waals surface area contributed by atoms with Gasteiger partial charge in [0.25, 0.3) is 5.91 Å². The predicted molar refractivity (Wildman–Crippen MR) is 164 cm³/mol. The Morgan fingerprint density at radius 3 is 2.30 bits per heavy atom. The van der Waals surface area contributed by atoms with E-state index in [4.69, 9.17) is 14.7 Å². The van der Waals surface area contributed by atoms with E-state index in [-0.39, 0.29) is 18.6 Å². The highest BCUT2D eigenvalue weighted by Crippen LogP contribution is 2.29. The van der Waals surface area contributed by atoms with Crippen LogP contribution < -0.4 is 4.74 Å². The van der Waals surface area contributed by atoms with Crippen LogP contribution >= 0.6 is 0 Å². The van der Waals surface area contributed by atoms with E-state index < -0.39 is 12.6 Å². The number of piperazine rings is 1. The van der Waals surface area contributed by atoms with Gasteiger partial charge in [-0.1, -0.05) is 78.0 Å². The van der Waals surface area contributed by atoms with Gasteiger partial charge in [-0.3, -0.25) is 14.7 Å². The van der Waals surface area contributed by atoms with Crippen LogP contribution in [0.1, 0.15) is 29.7 Å². The number of carbonyl (C=O) groups excluding carboxylic acids is 1. The molecule has 0 aliphatic carbocycles. The molecule has 1 saturated heterocycles. The van der Waals surface area contributed by atoms with Gasteiger partial charge < -0.3 is 19.6 Å². The zero-order valence-corrected chi connectivity index (χ0v) is 24.0. The Morgan fingerprint density at radius 1 is 0.860 bits per heavy atom. The monoisotopic (exact) mass is 578 g/mol. The van der Waals surface area contributed by atoms with Gasteiger partial charge in [0.05, 0.1) is 11.8 Å². The van der Waals surface area contributed by atoms with Crippen molar-refractivity contribution in [2.24, 2.45) is 5.16 Å². The molecule has 5 rings (SSSR count). The van der Waals surface area contributed by atoms with Crippen LogP contribution in [0.25, 0.3) is 11.1 Å². The minimum Gasteiger partial charge on any atom is -0.484 e. The third kappa shape index (κ3) is 7.84. The lowest BCUT2D eigenvalue weighted by Crippen LogP contribution is -2.51. The number of carboxylic acids is 1. The third-order valence-electron chi connectivity index (χ3n) is 7.37. The highest BCUT2D eigenvalue weighted by molar-refractivity contribution is 5.98. The molecule has 1 aliphatic rings. The molecule has 0 spiro atoms. The molecule has 1 atom stereocenters. The van der Waals surface area contributed by atoms with Crippen molar-refractivity contribution in [2.75, 3.05) is 39.4 Å². The average Bonchev–Trinajstić information content (AvgIpc) is 3.05. The quantitative estimate of drug-likeness (QED) is 0.200. The summed E-state index contributed by atoms with van der Waals surface area (Å²) in [6, 6.07) is 29.9.